The third kappa shape index (κ3) is 3.59. The van der Waals surface area contributed by atoms with Gasteiger partial charge in [0.1, 0.15) is 5.82 Å². The number of aromatic nitrogens is 1. The molecule has 1 heterocycles. The van der Waals surface area contributed by atoms with Crippen LogP contribution in [0.1, 0.15) is 32.4 Å². The molecule has 0 unspecified atom stereocenters. The van der Waals surface area contributed by atoms with Gasteiger partial charge in [-0.3, -0.25) is 0 Å². The molecule has 1 N–H and O–H groups in total. The van der Waals surface area contributed by atoms with Gasteiger partial charge in [-0.15, -0.1) is 0 Å². The predicted molar refractivity (Wildman–Crippen MR) is 77.2 cm³/mol. The number of hydrogen-bond acceptors (Lipinski definition) is 3. The minimum atomic E-state index is 0.640. The maximum atomic E-state index is 6.19. The number of anilines is 1. The fourth-order valence-electron chi connectivity index (χ4n) is 1.92. The highest BCUT2D eigenvalue weighted by atomic mass is 35.5. The van der Waals surface area contributed by atoms with E-state index in [0.29, 0.717) is 12.0 Å². The number of rotatable bonds is 6. The Morgan fingerprint density at radius 2 is 2.17 bits per heavy atom. The molecule has 4 heteroatoms. The first-order valence-corrected chi connectivity index (χ1v) is 7.04. The van der Waals surface area contributed by atoms with Crippen LogP contribution < -0.4 is 10.2 Å². The summed E-state index contributed by atoms with van der Waals surface area (Å²) in [4.78, 5) is 6.91. The van der Waals surface area contributed by atoms with Crippen LogP contribution in [0.3, 0.4) is 0 Å². The lowest BCUT2D eigenvalue weighted by Crippen LogP contribution is -2.23. The van der Waals surface area contributed by atoms with Crippen LogP contribution in [0.25, 0.3) is 0 Å². The Kier molecular flexibility index (Phi) is 4.46. The monoisotopic (exact) mass is 267 g/mol. The van der Waals surface area contributed by atoms with Crippen molar-refractivity contribution in [2.45, 2.75) is 39.3 Å². The predicted octanol–water partition coefficient (Wildman–Crippen LogP) is 3.08. The Balaban J connectivity index is 2.01. The van der Waals surface area contributed by atoms with Crippen molar-refractivity contribution in [3.05, 3.63) is 22.8 Å². The third-order valence-electron chi connectivity index (χ3n) is 3.20. The number of hydrogen-bond donors (Lipinski definition) is 1. The number of nitrogens with zero attached hydrogens (tertiary/aromatic N) is 2. The van der Waals surface area contributed by atoms with E-state index in [1.165, 1.54) is 12.8 Å². The molecule has 0 aliphatic heterocycles. The molecule has 1 aliphatic carbocycles. The third-order valence-corrected chi connectivity index (χ3v) is 3.55. The Labute approximate surface area is 115 Å². The fourth-order valence-corrected chi connectivity index (χ4v) is 2.09. The van der Waals surface area contributed by atoms with Gasteiger partial charge < -0.3 is 10.2 Å². The van der Waals surface area contributed by atoms with Gasteiger partial charge in [-0.25, -0.2) is 4.98 Å². The highest BCUT2D eigenvalue weighted by molar-refractivity contribution is 6.31. The Hall–Kier alpha value is -0.800. The molecule has 1 aromatic heterocycles. The van der Waals surface area contributed by atoms with E-state index in [9.17, 15) is 0 Å². The lowest BCUT2D eigenvalue weighted by molar-refractivity contribution is 0.548. The number of halogens is 1. The molecule has 1 saturated carbocycles. The molecule has 100 valence electrons. The first kappa shape index (κ1) is 13.6. The van der Waals surface area contributed by atoms with Gasteiger partial charge in [0.25, 0.3) is 0 Å². The van der Waals surface area contributed by atoms with Crippen molar-refractivity contribution in [1.82, 2.24) is 10.3 Å². The molecule has 18 heavy (non-hydrogen) atoms. The lowest BCUT2D eigenvalue weighted by Gasteiger charge is -2.18. The fraction of sp³-hybridized carbons (Fsp3) is 0.643. The minimum absolute atomic E-state index is 0.640. The largest absolute Gasteiger partial charge is 0.357 e. The number of pyridine rings is 1. The second kappa shape index (κ2) is 5.89. The van der Waals surface area contributed by atoms with E-state index in [1.807, 2.05) is 12.1 Å². The smallest absolute Gasteiger partial charge is 0.128 e. The van der Waals surface area contributed by atoms with Crippen molar-refractivity contribution >= 4 is 17.4 Å². The van der Waals surface area contributed by atoms with Crippen LogP contribution in [0, 0.1) is 5.92 Å². The quantitative estimate of drug-likeness (QED) is 0.859. The second-order valence-electron chi connectivity index (χ2n) is 5.46. The first-order chi connectivity index (χ1) is 8.58. The maximum absolute atomic E-state index is 6.19. The Morgan fingerprint density at radius 1 is 1.44 bits per heavy atom. The highest BCUT2D eigenvalue weighted by Crippen LogP contribution is 2.30. The molecular weight excluding hydrogens is 246 g/mol. The van der Waals surface area contributed by atoms with E-state index in [4.69, 9.17) is 11.6 Å². The van der Waals surface area contributed by atoms with Crippen molar-refractivity contribution in [3.63, 3.8) is 0 Å². The average molecular weight is 268 g/mol. The Bertz CT molecular complexity index is 402. The van der Waals surface area contributed by atoms with Crippen LogP contribution in [0.15, 0.2) is 12.1 Å². The molecule has 0 amide bonds. The molecule has 0 spiro atoms. The number of nitrogens with one attached hydrogen (secondary N) is 1. The molecular formula is C14H22ClN3. The van der Waals surface area contributed by atoms with Crippen LogP contribution in [0.2, 0.25) is 5.02 Å². The molecule has 0 aromatic carbocycles. The van der Waals surface area contributed by atoms with Crippen molar-refractivity contribution in [3.8, 4) is 0 Å². The van der Waals surface area contributed by atoms with E-state index < -0.39 is 0 Å². The summed E-state index contributed by atoms with van der Waals surface area (Å²) in [7, 11) is 2.11. The van der Waals surface area contributed by atoms with Crippen molar-refractivity contribution in [2.75, 3.05) is 18.5 Å². The van der Waals surface area contributed by atoms with Gasteiger partial charge in [-0.1, -0.05) is 25.4 Å². The second-order valence-corrected chi connectivity index (χ2v) is 5.87. The summed E-state index contributed by atoms with van der Waals surface area (Å²) in [6.45, 7) is 6.11. The lowest BCUT2D eigenvalue weighted by atomic mass is 10.2. The van der Waals surface area contributed by atoms with Crippen LogP contribution >= 0.6 is 11.6 Å². The van der Waals surface area contributed by atoms with Gasteiger partial charge in [0, 0.05) is 19.6 Å². The van der Waals surface area contributed by atoms with E-state index in [1.54, 1.807) is 0 Å². The molecule has 0 saturated heterocycles. The molecule has 2 rings (SSSR count). The summed E-state index contributed by atoms with van der Waals surface area (Å²) in [5.41, 5.74) is 0.947. The summed E-state index contributed by atoms with van der Waals surface area (Å²) in [6.07, 6.45) is 2.56. The standard InChI is InChI=1S/C14H22ClN3/c1-10(2)8-16-9-13-12(15)6-7-14(17-13)18(3)11-4-5-11/h6-7,10-11,16H,4-5,8-9H2,1-3H3. The van der Waals surface area contributed by atoms with Crippen molar-refractivity contribution < 1.29 is 0 Å². The normalized spacial score (nSPS) is 15.2. The SMILES string of the molecule is CC(C)CNCc1nc(N(C)C2CC2)ccc1Cl. The average Bonchev–Trinajstić information content (AvgIpc) is 3.14. The summed E-state index contributed by atoms with van der Waals surface area (Å²) >= 11 is 6.19. The first-order valence-electron chi connectivity index (χ1n) is 6.67. The zero-order chi connectivity index (χ0) is 13.1. The van der Waals surface area contributed by atoms with Crippen molar-refractivity contribution in [2.24, 2.45) is 5.92 Å². The molecule has 1 aromatic rings. The molecule has 1 aliphatic rings. The zero-order valence-electron chi connectivity index (χ0n) is 11.4. The minimum Gasteiger partial charge on any atom is -0.357 e. The molecule has 0 atom stereocenters. The van der Waals surface area contributed by atoms with Gasteiger partial charge in [0.2, 0.25) is 0 Å². The Morgan fingerprint density at radius 3 is 2.78 bits per heavy atom. The maximum Gasteiger partial charge on any atom is 0.128 e. The van der Waals surface area contributed by atoms with Crippen LogP contribution in [0.5, 0.6) is 0 Å². The van der Waals surface area contributed by atoms with Crippen LogP contribution in [-0.4, -0.2) is 24.6 Å². The van der Waals surface area contributed by atoms with E-state index in [-0.39, 0.29) is 0 Å². The zero-order valence-corrected chi connectivity index (χ0v) is 12.2. The van der Waals surface area contributed by atoms with Crippen molar-refractivity contribution in [1.29, 1.82) is 0 Å². The summed E-state index contributed by atoms with van der Waals surface area (Å²) in [6, 6.07) is 4.64. The summed E-state index contributed by atoms with van der Waals surface area (Å²) < 4.78 is 0. The molecule has 1 fully saturated rings. The highest BCUT2D eigenvalue weighted by Gasteiger charge is 2.27. The van der Waals surface area contributed by atoms with Crippen LogP contribution in [0.4, 0.5) is 5.82 Å². The molecule has 0 bridgehead atoms. The van der Waals surface area contributed by atoms with Gasteiger partial charge >= 0.3 is 0 Å². The van der Waals surface area contributed by atoms with Gasteiger partial charge in [-0.2, -0.15) is 0 Å². The van der Waals surface area contributed by atoms with E-state index in [0.717, 1.165) is 29.6 Å². The summed E-state index contributed by atoms with van der Waals surface area (Å²) in [5, 5.41) is 4.14. The van der Waals surface area contributed by atoms with E-state index >= 15 is 0 Å². The molecule has 0 radical (unpaired) electrons. The van der Waals surface area contributed by atoms with Gasteiger partial charge in [0.05, 0.1) is 10.7 Å². The molecule has 3 nitrogen and oxygen atoms in total. The van der Waals surface area contributed by atoms with Crippen LogP contribution in [-0.2, 0) is 6.54 Å². The van der Waals surface area contributed by atoms with E-state index in [2.05, 4.69) is 36.1 Å². The van der Waals surface area contributed by atoms with Gasteiger partial charge in [-0.05, 0) is 37.4 Å². The topological polar surface area (TPSA) is 28.2 Å². The summed E-state index contributed by atoms with van der Waals surface area (Å²) in [5.74, 6) is 1.67. The van der Waals surface area contributed by atoms with Gasteiger partial charge in [0.15, 0.2) is 0 Å².